The second-order valence-electron chi connectivity index (χ2n) is 6.77. The lowest BCUT2D eigenvalue weighted by Crippen LogP contribution is -2.54. The van der Waals surface area contributed by atoms with Gasteiger partial charge in [0.2, 0.25) is 0 Å². The summed E-state index contributed by atoms with van der Waals surface area (Å²) in [5, 5.41) is 2.22. The van der Waals surface area contributed by atoms with Crippen molar-refractivity contribution in [1.82, 2.24) is 10.3 Å². The van der Waals surface area contributed by atoms with Crippen molar-refractivity contribution in [1.29, 1.82) is 0 Å². The molecule has 3 rings (SSSR count). The number of hydrogen-bond donors (Lipinski definition) is 1. The summed E-state index contributed by atoms with van der Waals surface area (Å²) in [6.45, 7) is 5.94. The Bertz CT molecular complexity index is 981. The van der Waals surface area contributed by atoms with E-state index in [1.807, 2.05) is 32.9 Å². The van der Waals surface area contributed by atoms with Gasteiger partial charge in [0.25, 0.3) is 11.8 Å². The molecular formula is C21H21N3O4. The molecule has 1 aliphatic heterocycles. The molecule has 28 heavy (non-hydrogen) atoms. The van der Waals surface area contributed by atoms with Gasteiger partial charge in [0.15, 0.2) is 0 Å². The molecule has 2 heterocycles. The zero-order valence-corrected chi connectivity index (χ0v) is 16.1. The molecule has 1 N–H and O–H groups in total. The number of carbonyl (C=O) groups is 3. The minimum absolute atomic E-state index is 0.112. The number of pyridine rings is 1. The molecule has 4 amide bonds. The Balaban J connectivity index is 2.08. The third-order valence-electron chi connectivity index (χ3n) is 4.56. The molecule has 0 bridgehead atoms. The van der Waals surface area contributed by atoms with Gasteiger partial charge >= 0.3 is 6.03 Å². The molecule has 0 unspecified atom stereocenters. The van der Waals surface area contributed by atoms with Crippen LogP contribution in [0.3, 0.4) is 0 Å². The number of imide groups is 2. The van der Waals surface area contributed by atoms with Crippen LogP contribution in [0.4, 0.5) is 10.5 Å². The quantitative estimate of drug-likeness (QED) is 0.651. The standard InChI is InChI=1S/C21H21N3O4/c1-12(2)16-10-14(13(3)9-18(16)28-4)11-17-19(25)23-21(27)24(20(17)26)15-5-7-22-8-6-15/h5-12H,1-4H3,(H,23,25,27)/b17-11+. The summed E-state index contributed by atoms with van der Waals surface area (Å²) in [6, 6.07) is 6.05. The van der Waals surface area contributed by atoms with Crippen LogP contribution in [-0.4, -0.2) is 29.9 Å². The SMILES string of the molecule is COc1cc(C)c(/C=C2\C(=O)NC(=O)N(c3ccncc3)C2=O)cc1C(C)C. The zero-order chi connectivity index (χ0) is 20.4. The molecule has 0 spiro atoms. The molecule has 0 aliphatic carbocycles. The first kappa shape index (κ1) is 19.3. The fourth-order valence-corrected chi connectivity index (χ4v) is 3.04. The van der Waals surface area contributed by atoms with Gasteiger partial charge in [0, 0.05) is 12.4 Å². The molecule has 1 aromatic heterocycles. The highest BCUT2D eigenvalue weighted by atomic mass is 16.5. The summed E-state index contributed by atoms with van der Waals surface area (Å²) in [7, 11) is 1.61. The third-order valence-corrected chi connectivity index (χ3v) is 4.56. The van der Waals surface area contributed by atoms with E-state index < -0.39 is 17.8 Å². The Morgan fingerprint density at radius 2 is 1.82 bits per heavy atom. The van der Waals surface area contributed by atoms with Gasteiger partial charge in [-0.1, -0.05) is 13.8 Å². The van der Waals surface area contributed by atoms with E-state index in [-0.39, 0.29) is 11.5 Å². The number of barbiturate groups is 1. The first-order valence-corrected chi connectivity index (χ1v) is 8.83. The van der Waals surface area contributed by atoms with Crippen LogP contribution in [0, 0.1) is 6.92 Å². The predicted molar refractivity (Wildman–Crippen MR) is 105 cm³/mol. The Morgan fingerprint density at radius 3 is 2.43 bits per heavy atom. The fraction of sp³-hybridized carbons (Fsp3) is 0.238. The molecule has 1 aromatic carbocycles. The van der Waals surface area contributed by atoms with Crippen molar-refractivity contribution in [2.45, 2.75) is 26.7 Å². The van der Waals surface area contributed by atoms with Crippen LogP contribution in [0.2, 0.25) is 0 Å². The summed E-state index contributed by atoms with van der Waals surface area (Å²) in [6.07, 6.45) is 4.45. The fourth-order valence-electron chi connectivity index (χ4n) is 3.04. The van der Waals surface area contributed by atoms with E-state index in [9.17, 15) is 14.4 Å². The minimum atomic E-state index is -0.785. The van der Waals surface area contributed by atoms with E-state index in [0.29, 0.717) is 11.3 Å². The topological polar surface area (TPSA) is 88.6 Å². The van der Waals surface area contributed by atoms with Crippen LogP contribution in [0.15, 0.2) is 42.2 Å². The van der Waals surface area contributed by atoms with Gasteiger partial charge in [-0.2, -0.15) is 0 Å². The van der Waals surface area contributed by atoms with Crippen molar-refractivity contribution in [3.05, 3.63) is 58.9 Å². The number of nitrogens with zero attached hydrogens (tertiary/aromatic N) is 2. The predicted octanol–water partition coefficient (Wildman–Crippen LogP) is 3.19. The summed E-state index contributed by atoms with van der Waals surface area (Å²) >= 11 is 0. The summed E-state index contributed by atoms with van der Waals surface area (Å²) in [5.74, 6) is -0.455. The maximum Gasteiger partial charge on any atom is 0.335 e. The normalized spacial score (nSPS) is 16.0. The minimum Gasteiger partial charge on any atom is -0.496 e. The molecule has 1 fully saturated rings. The highest BCUT2D eigenvalue weighted by Gasteiger charge is 2.36. The Labute approximate surface area is 163 Å². The van der Waals surface area contributed by atoms with Gasteiger partial charge in [-0.05, 0) is 59.9 Å². The largest absolute Gasteiger partial charge is 0.496 e. The van der Waals surface area contributed by atoms with Crippen molar-refractivity contribution in [3.63, 3.8) is 0 Å². The number of methoxy groups -OCH3 is 1. The first-order valence-electron chi connectivity index (χ1n) is 8.83. The van der Waals surface area contributed by atoms with Crippen LogP contribution in [0.1, 0.15) is 36.5 Å². The maximum atomic E-state index is 12.9. The van der Waals surface area contributed by atoms with Gasteiger partial charge in [-0.3, -0.25) is 19.9 Å². The number of ether oxygens (including phenoxy) is 1. The second-order valence-corrected chi connectivity index (χ2v) is 6.77. The molecule has 2 aromatic rings. The van der Waals surface area contributed by atoms with Crippen molar-refractivity contribution in [3.8, 4) is 5.75 Å². The number of urea groups is 1. The first-order chi connectivity index (χ1) is 13.3. The van der Waals surface area contributed by atoms with Crippen LogP contribution in [0.5, 0.6) is 5.75 Å². The number of anilines is 1. The van der Waals surface area contributed by atoms with Gasteiger partial charge in [0.05, 0.1) is 12.8 Å². The molecule has 0 saturated carbocycles. The van der Waals surface area contributed by atoms with Crippen LogP contribution in [-0.2, 0) is 9.59 Å². The number of aromatic nitrogens is 1. The molecular weight excluding hydrogens is 358 g/mol. The van der Waals surface area contributed by atoms with Gasteiger partial charge in [-0.25, -0.2) is 9.69 Å². The Morgan fingerprint density at radius 1 is 1.14 bits per heavy atom. The lowest BCUT2D eigenvalue weighted by Gasteiger charge is -2.26. The second kappa shape index (κ2) is 7.64. The number of rotatable bonds is 4. The summed E-state index contributed by atoms with van der Waals surface area (Å²) in [5.41, 5.74) is 2.75. The molecule has 1 saturated heterocycles. The third kappa shape index (κ3) is 3.51. The Kier molecular flexibility index (Phi) is 5.26. The van der Waals surface area contributed by atoms with E-state index >= 15 is 0 Å². The molecule has 1 aliphatic rings. The van der Waals surface area contributed by atoms with E-state index in [1.54, 1.807) is 7.11 Å². The van der Waals surface area contributed by atoms with Crippen molar-refractivity contribution in [2.75, 3.05) is 12.0 Å². The number of nitrogens with one attached hydrogen (secondary N) is 1. The highest BCUT2D eigenvalue weighted by molar-refractivity contribution is 6.39. The van der Waals surface area contributed by atoms with Gasteiger partial charge in [-0.15, -0.1) is 0 Å². The van der Waals surface area contributed by atoms with Crippen LogP contribution < -0.4 is 15.0 Å². The van der Waals surface area contributed by atoms with E-state index in [4.69, 9.17) is 4.74 Å². The zero-order valence-electron chi connectivity index (χ0n) is 16.1. The number of benzene rings is 1. The number of hydrogen-bond acceptors (Lipinski definition) is 5. The van der Waals surface area contributed by atoms with Crippen LogP contribution in [0.25, 0.3) is 6.08 Å². The van der Waals surface area contributed by atoms with Crippen molar-refractivity contribution >= 4 is 29.6 Å². The summed E-state index contributed by atoms with van der Waals surface area (Å²) < 4.78 is 5.44. The molecule has 0 atom stereocenters. The molecule has 7 nitrogen and oxygen atoms in total. The maximum absolute atomic E-state index is 12.9. The Hall–Kier alpha value is -3.48. The molecule has 144 valence electrons. The smallest absolute Gasteiger partial charge is 0.335 e. The lowest BCUT2D eigenvalue weighted by molar-refractivity contribution is -0.122. The summed E-state index contributed by atoms with van der Waals surface area (Å²) in [4.78, 5) is 42.3. The monoisotopic (exact) mass is 379 g/mol. The van der Waals surface area contributed by atoms with E-state index in [1.165, 1.54) is 30.6 Å². The number of carbonyl (C=O) groups excluding carboxylic acids is 3. The van der Waals surface area contributed by atoms with Gasteiger partial charge in [0.1, 0.15) is 11.3 Å². The number of amides is 4. The average molecular weight is 379 g/mol. The highest BCUT2D eigenvalue weighted by Crippen LogP contribution is 2.31. The number of aryl methyl sites for hydroxylation is 1. The van der Waals surface area contributed by atoms with Gasteiger partial charge < -0.3 is 4.74 Å². The molecule has 0 radical (unpaired) electrons. The van der Waals surface area contributed by atoms with Crippen LogP contribution >= 0.6 is 0 Å². The van der Waals surface area contributed by atoms with Crippen molar-refractivity contribution < 1.29 is 19.1 Å². The van der Waals surface area contributed by atoms with E-state index in [0.717, 1.165) is 21.8 Å². The van der Waals surface area contributed by atoms with E-state index in [2.05, 4.69) is 10.3 Å². The molecule has 7 heteroatoms. The average Bonchev–Trinajstić information content (AvgIpc) is 2.66. The van der Waals surface area contributed by atoms with Crippen molar-refractivity contribution in [2.24, 2.45) is 0 Å². The lowest BCUT2D eigenvalue weighted by atomic mass is 9.95.